The van der Waals surface area contributed by atoms with Crippen molar-refractivity contribution in [1.29, 1.82) is 0 Å². The summed E-state index contributed by atoms with van der Waals surface area (Å²) in [4.78, 5) is 36.8. The van der Waals surface area contributed by atoms with Crippen molar-refractivity contribution in [3.05, 3.63) is 75.3 Å². The number of carbonyl (C=O) groups excluding carboxylic acids is 1. The van der Waals surface area contributed by atoms with Crippen LogP contribution in [0.3, 0.4) is 0 Å². The first-order valence-electron chi connectivity index (χ1n) is 8.52. The van der Waals surface area contributed by atoms with Gasteiger partial charge in [0, 0.05) is 12.0 Å². The number of anilines is 1. The molecule has 2 N–H and O–H groups in total. The second-order valence-electron chi connectivity index (χ2n) is 6.02. The summed E-state index contributed by atoms with van der Waals surface area (Å²) < 4.78 is 1.15. The standard InChI is InChI=1S/C19H15N5O3S/c25-15(20-19-22-21-17(28-19)12-6-2-1-3-7-12)10-11-24-18(27)14-9-5-4-8-13(14)16(26)23-24/h1-9H,10-11H2,(H,23,26)(H,20,22,25). The van der Waals surface area contributed by atoms with E-state index in [1.807, 2.05) is 30.3 Å². The highest BCUT2D eigenvalue weighted by Gasteiger charge is 2.11. The van der Waals surface area contributed by atoms with Crippen molar-refractivity contribution < 1.29 is 4.79 Å². The number of aryl methyl sites for hydroxylation is 1. The number of rotatable bonds is 5. The number of aromatic amines is 1. The number of nitrogens with one attached hydrogen (secondary N) is 2. The van der Waals surface area contributed by atoms with Crippen LogP contribution < -0.4 is 16.4 Å². The largest absolute Gasteiger partial charge is 0.300 e. The molecular formula is C19H15N5O3S. The number of fused-ring (bicyclic) bond motifs is 1. The Kier molecular flexibility index (Phi) is 4.81. The van der Waals surface area contributed by atoms with E-state index >= 15 is 0 Å². The minimum absolute atomic E-state index is 0.00837. The molecule has 9 heteroatoms. The van der Waals surface area contributed by atoms with Crippen LogP contribution >= 0.6 is 11.3 Å². The highest BCUT2D eigenvalue weighted by Crippen LogP contribution is 2.25. The van der Waals surface area contributed by atoms with Crippen molar-refractivity contribution in [2.75, 3.05) is 5.32 Å². The van der Waals surface area contributed by atoms with Crippen LogP contribution in [-0.2, 0) is 11.3 Å². The molecule has 0 unspecified atom stereocenters. The Balaban J connectivity index is 1.45. The lowest BCUT2D eigenvalue weighted by molar-refractivity contribution is -0.116. The van der Waals surface area contributed by atoms with Crippen molar-refractivity contribution in [3.63, 3.8) is 0 Å². The molecule has 0 aliphatic heterocycles. The number of nitrogens with zero attached hydrogens (tertiary/aromatic N) is 3. The summed E-state index contributed by atoms with van der Waals surface area (Å²) in [5, 5.41) is 14.9. The fourth-order valence-corrected chi connectivity index (χ4v) is 3.54. The molecular weight excluding hydrogens is 378 g/mol. The SMILES string of the molecule is O=C(CCn1[nH]c(=O)c2ccccc2c1=O)Nc1nnc(-c2ccccc2)s1. The van der Waals surface area contributed by atoms with Gasteiger partial charge in [-0.2, -0.15) is 0 Å². The molecule has 2 aromatic heterocycles. The number of carbonyl (C=O) groups is 1. The lowest BCUT2D eigenvalue weighted by Gasteiger charge is -2.06. The predicted molar refractivity (Wildman–Crippen MR) is 107 cm³/mol. The first-order valence-corrected chi connectivity index (χ1v) is 9.34. The Bertz CT molecular complexity index is 1260. The van der Waals surface area contributed by atoms with E-state index in [9.17, 15) is 14.4 Å². The van der Waals surface area contributed by atoms with Gasteiger partial charge in [-0.3, -0.25) is 19.5 Å². The number of H-pyrrole nitrogens is 1. The molecule has 0 saturated carbocycles. The number of hydrogen-bond acceptors (Lipinski definition) is 6. The zero-order chi connectivity index (χ0) is 19.5. The van der Waals surface area contributed by atoms with Gasteiger partial charge in [0.25, 0.3) is 11.1 Å². The zero-order valence-electron chi connectivity index (χ0n) is 14.6. The summed E-state index contributed by atoms with van der Waals surface area (Å²) in [6.07, 6.45) is 0.00837. The third-order valence-corrected chi connectivity index (χ3v) is 5.03. The smallest absolute Gasteiger partial charge is 0.273 e. The number of hydrogen-bond donors (Lipinski definition) is 2. The molecule has 0 fully saturated rings. The van der Waals surface area contributed by atoms with Crippen molar-refractivity contribution in [2.45, 2.75) is 13.0 Å². The van der Waals surface area contributed by atoms with E-state index in [-0.39, 0.29) is 30.0 Å². The van der Waals surface area contributed by atoms with Crippen LogP contribution in [0.15, 0.2) is 64.2 Å². The predicted octanol–water partition coefficient (Wildman–Crippen LogP) is 2.24. The van der Waals surface area contributed by atoms with Gasteiger partial charge < -0.3 is 5.32 Å². The molecule has 2 aromatic carbocycles. The summed E-state index contributed by atoms with van der Waals surface area (Å²) in [7, 11) is 0. The molecule has 0 aliphatic rings. The fourth-order valence-electron chi connectivity index (χ4n) is 2.77. The maximum atomic E-state index is 12.5. The fraction of sp³-hybridized carbons (Fsp3) is 0.105. The second kappa shape index (κ2) is 7.57. The first-order chi connectivity index (χ1) is 13.6. The van der Waals surface area contributed by atoms with Crippen molar-refractivity contribution in [3.8, 4) is 10.6 Å². The average Bonchev–Trinajstić information content (AvgIpc) is 3.19. The summed E-state index contributed by atoms with van der Waals surface area (Å²) in [5.41, 5.74) is 0.207. The molecule has 0 aliphatic carbocycles. The van der Waals surface area contributed by atoms with Crippen LogP contribution in [0.25, 0.3) is 21.3 Å². The second-order valence-corrected chi connectivity index (χ2v) is 7.00. The number of aromatic nitrogens is 4. The molecule has 4 rings (SSSR count). The van der Waals surface area contributed by atoms with E-state index < -0.39 is 0 Å². The van der Waals surface area contributed by atoms with E-state index in [0.29, 0.717) is 20.9 Å². The molecule has 1 amide bonds. The van der Waals surface area contributed by atoms with Crippen LogP contribution in [0.5, 0.6) is 0 Å². The molecule has 2 heterocycles. The van der Waals surface area contributed by atoms with Gasteiger partial charge >= 0.3 is 0 Å². The van der Waals surface area contributed by atoms with E-state index in [2.05, 4.69) is 20.6 Å². The Morgan fingerprint density at radius 1 is 1.00 bits per heavy atom. The van der Waals surface area contributed by atoms with Crippen LogP contribution in [-0.4, -0.2) is 25.9 Å². The Labute approximate surface area is 162 Å². The summed E-state index contributed by atoms with van der Waals surface area (Å²) in [6.45, 7) is 0.0507. The lowest BCUT2D eigenvalue weighted by atomic mass is 10.2. The van der Waals surface area contributed by atoms with Gasteiger partial charge in [-0.25, -0.2) is 4.68 Å². The van der Waals surface area contributed by atoms with E-state index in [1.54, 1.807) is 24.3 Å². The van der Waals surface area contributed by atoms with Gasteiger partial charge in [0.05, 0.1) is 17.3 Å². The maximum absolute atomic E-state index is 12.5. The Morgan fingerprint density at radius 3 is 2.50 bits per heavy atom. The minimum Gasteiger partial charge on any atom is -0.300 e. The molecule has 8 nitrogen and oxygen atoms in total. The molecule has 0 atom stereocenters. The average molecular weight is 393 g/mol. The third-order valence-electron chi connectivity index (χ3n) is 4.14. The van der Waals surface area contributed by atoms with Crippen LogP contribution in [0.4, 0.5) is 5.13 Å². The molecule has 0 bridgehead atoms. The monoisotopic (exact) mass is 393 g/mol. The summed E-state index contributed by atoms with van der Waals surface area (Å²) in [5.74, 6) is -0.323. The van der Waals surface area contributed by atoms with Crippen LogP contribution in [0, 0.1) is 0 Å². The van der Waals surface area contributed by atoms with Gasteiger partial charge in [-0.15, -0.1) is 10.2 Å². The maximum Gasteiger partial charge on any atom is 0.273 e. The molecule has 0 saturated heterocycles. The normalized spacial score (nSPS) is 10.9. The quantitative estimate of drug-likeness (QED) is 0.540. The van der Waals surface area contributed by atoms with Crippen LogP contribution in [0.1, 0.15) is 6.42 Å². The molecule has 0 spiro atoms. The zero-order valence-corrected chi connectivity index (χ0v) is 15.4. The third kappa shape index (κ3) is 3.60. The van der Waals surface area contributed by atoms with Crippen molar-refractivity contribution >= 4 is 33.1 Å². The van der Waals surface area contributed by atoms with Crippen molar-refractivity contribution in [2.24, 2.45) is 0 Å². The lowest BCUT2D eigenvalue weighted by Crippen LogP contribution is -2.31. The van der Waals surface area contributed by atoms with Gasteiger partial charge in [-0.1, -0.05) is 53.8 Å². The number of amides is 1. The molecule has 140 valence electrons. The molecule has 28 heavy (non-hydrogen) atoms. The topological polar surface area (TPSA) is 110 Å². The van der Waals surface area contributed by atoms with Crippen molar-refractivity contribution in [1.82, 2.24) is 20.0 Å². The van der Waals surface area contributed by atoms with E-state index in [4.69, 9.17) is 0 Å². The molecule has 0 radical (unpaired) electrons. The number of benzene rings is 2. The summed E-state index contributed by atoms with van der Waals surface area (Å²) in [6, 6.07) is 16.1. The van der Waals surface area contributed by atoms with Gasteiger partial charge in [0.2, 0.25) is 11.0 Å². The minimum atomic E-state index is -0.368. The Morgan fingerprint density at radius 2 is 1.71 bits per heavy atom. The van der Waals surface area contributed by atoms with Gasteiger partial charge in [0.15, 0.2) is 0 Å². The molecule has 4 aromatic rings. The van der Waals surface area contributed by atoms with Gasteiger partial charge in [0.1, 0.15) is 5.01 Å². The van der Waals surface area contributed by atoms with Gasteiger partial charge in [-0.05, 0) is 12.1 Å². The highest BCUT2D eigenvalue weighted by molar-refractivity contribution is 7.18. The Hall–Kier alpha value is -3.59. The van der Waals surface area contributed by atoms with Crippen LogP contribution in [0.2, 0.25) is 0 Å². The van der Waals surface area contributed by atoms with E-state index in [1.165, 1.54) is 11.3 Å². The highest BCUT2D eigenvalue weighted by atomic mass is 32.1. The first kappa shape index (κ1) is 17.8. The van der Waals surface area contributed by atoms with E-state index in [0.717, 1.165) is 10.2 Å². The summed E-state index contributed by atoms with van der Waals surface area (Å²) >= 11 is 1.26.